The Labute approximate surface area is 104 Å². The maximum atomic E-state index is 13.1. The van der Waals surface area contributed by atoms with E-state index in [1.807, 2.05) is 0 Å². The summed E-state index contributed by atoms with van der Waals surface area (Å²) in [5, 5.41) is 0. The van der Waals surface area contributed by atoms with Gasteiger partial charge in [0.05, 0.1) is 6.20 Å². The zero-order valence-electron chi connectivity index (χ0n) is 9.23. The van der Waals surface area contributed by atoms with Gasteiger partial charge in [-0.05, 0) is 12.1 Å². The SMILES string of the molecule is Nc1nc(=O)n(C(=O)c2cc(F)cc(F)c2)cc1F. The largest absolute Gasteiger partial charge is 0.381 e. The molecular weight excluding hydrogens is 263 g/mol. The molecule has 1 aromatic heterocycles. The molecular formula is C11H6F3N3O2. The minimum absolute atomic E-state index is 0.278. The highest BCUT2D eigenvalue weighted by Crippen LogP contribution is 2.10. The van der Waals surface area contributed by atoms with Crippen LogP contribution in [0.15, 0.2) is 29.2 Å². The molecule has 2 N–H and O–H groups in total. The fraction of sp³-hybridized carbons (Fsp3) is 0. The third-order valence-electron chi connectivity index (χ3n) is 2.24. The number of rotatable bonds is 1. The highest BCUT2D eigenvalue weighted by Gasteiger charge is 2.15. The van der Waals surface area contributed by atoms with Gasteiger partial charge >= 0.3 is 5.69 Å². The van der Waals surface area contributed by atoms with Crippen LogP contribution in [0, 0.1) is 17.5 Å². The molecule has 19 heavy (non-hydrogen) atoms. The minimum atomic E-state index is -1.14. The molecule has 0 unspecified atom stereocenters. The summed E-state index contributed by atoms with van der Waals surface area (Å²) in [6, 6.07) is 1.99. The summed E-state index contributed by atoms with van der Waals surface area (Å²) in [7, 11) is 0. The van der Waals surface area contributed by atoms with Gasteiger partial charge in [-0.15, -0.1) is 0 Å². The molecule has 8 heteroatoms. The van der Waals surface area contributed by atoms with Crippen molar-refractivity contribution in [2.45, 2.75) is 0 Å². The first-order valence-electron chi connectivity index (χ1n) is 4.94. The number of aromatic nitrogens is 2. The number of nitrogens with zero attached hydrogens (tertiary/aromatic N) is 2. The number of nitrogen functional groups attached to an aromatic ring is 1. The highest BCUT2D eigenvalue weighted by atomic mass is 19.1. The first kappa shape index (κ1) is 12.8. The van der Waals surface area contributed by atoms with E-state index in [2.05, 4.69) is 4.98 Å². The molecule has 0 saturated carbocycles. The molecule has 0 aliphatic heterocycles. The molecule has 0 fully saturated rings. The van der Waals surface area contributed by atoms with Crippen LogP contribution >= 0.6 is 0 Å². The normalized spacial score (nSPS) is 10.5. The van der Waals surface area contributed by atoms with E-state index in [9.17, 15) is 22.8 Å². The lowest BCUT2D eigenvalue weighted by Crippen LogP contribution is -2.30. The molecule has 0 aliphatic rings. The van der Waals surface area contributed by atoms with Crippen molar-refractivity contribution in [3.05, 3.63) is 57.9 Å². The van der Waals surface area contributed by atoms with Crippen LogP contribution in [0.1, 0.15) is 10.4 Å². The number of hydrogen-bond acceptors (Lipinski definition) is 4. The molecule has 5 nitrogen and oxygen atoms in total. The van der Waals surface area contributed by atoms with Gasteiger partial charge in [-0.25, -0.2) is 22.5 Å². The average molecular weight is 269 g/mol. The lowest BCUT2D eigenvalue weighted by molar-refractivity contribution is 0.0952. The first-order chi connectivity index (χ1) is 8.88. The van der Waals surface area contributed by atoms with Crippen molar-refractivity contribution >= 4 is 11.7 Å². The second kappa shape index (κ2) is 4.56. The predicted octanol–water partition coefficient (Wildman–Crippen LogP) is 0.931. The van der Waals surface area contributed by atoms with E-state index in [1.165, 1.54) is 0 Å². The van der Waals surface area contributed by atoms with Crippen molar-refractivity contribution in [2.24, 2.45) is 0 Å². The molecule has 0 bridgehead atoms. The van der Waals surface area contributed by atoms with Gasteiger partial charge in [-0.1, -0.05) is 0 Å². The third kappa shape index (κ3) is 2.46. The van der Waals surface area contributed by atoms with Crippen LogP contribution in [0.2, 0.25) is 0 Å². The minimum Gasteiger partial charge on any atom is -0.381 e. The van der Waals surface area contributed by atoms with Crippen LogP contribution in [0.3, 0.4) is 0 Å². The van der Waals surface area contributed by atoms with E-state index >= 15 is 0 Å². The lowest BCUT2D eigenvalue weighted by Gasteiger charge is -2.05. The van der Waals surface area contributed by atoms with Gasteiger partial charge in [0.2, 0.25) is 0 Å². The quantitative estimate of drug-likeness (QED) is 0.835. The number of carbonyl (C=O) groups is 1. The molecule has 2 rings (SSSR count). The van der Waals surface area contributed by atoms with Crippen molar-refractivity contribution < 1.29 is 18.0 Å². The van der Waals surface area contributed by atoms with Crippen molar-refractivity contribution in [3.8, 4) is 0 Å². The lowest BCUT2D eigenvalue weighted by atomic mass is 10.2. The zero-order valence-corrected chi connectivity index (χ0v) is 9.23. The van der Waals surface area contributed by atoms with E-state index in [0.29, 0.717) is 24.4 Å². The van der Waals surface area contributed by atoms with Gasteiger partial charge in [0.1, 0.15) is 11.6 Å². The Morgan fingerprint density at radius 3 is 2.32 bits per heavy atom. The number of anilines is 1. The van der Waals surface area contributed by atoms with Gasteiger partial charge in [-0.2, -0.15) is 4.98 Å². The molecule has 1 heterocycles. The summed E-state index contributed by atoms with van der Waals surface area (Å²) in [4.78, 5) is 26.3. The van der Waals surface area contributed by atoms with Crippen LogP contribution in [-0.2, 0) is 0 Å². The van der Waals surface area contributed by atoms with Crippen LogP contribution in [0.25, 0.3) is 0 Å². The van der Waals surface area contributed by atoms with Crippen LogP contribution < -0.4 is 11.4 Å². The molecule has 0 atom stereocenters. The average Bonchev–Trinajstić information content (AvgIpc) is 2.31. The summed E-state index contributed by atoms with van der Waals surface area (Å²) >= 11 is 0. The highest BCUT2D eigenvalue weighted by molar-refractivity contribution is 5.95. The number of halogens is 3. The number of carbonyl (C=O) groups excluding carboxylic acids is 1. The first-order valence-corrected chi connectivity index (χ1v) is 4.94. The van der Waals surface area contributed by atoms with Gasteiger partial charge in [0, 0.05) is 11.6 Å². The zero-order chi connectivity index (χ0) is 14.2. The Bertz CT molecular complexity index is 707. The summed E-state index contributed by atoms with van der Waals surface area (Å²) in [6.45, 7) is 0. The van der Waals surface area contributed by atoms with E-state index < -0.39 is 40.4 Å². The molecule has 2 aromatic rings. The second-order valence-electron chi connectivity index (χ2n) is 3.59. The van der Waals surface area contributed by atoms with E-state index in [0.717, 1.165) is 0 Å². The summed E-state index contributed by atoms with van der Waals surface area (Å²) in [5.74, 6) is -4.88. The van der Waals surface area contributed by atoms with Crippen LogP contribution in [0.5, 0.6) is 0 Å². The fourth-order valence-corrected chi connectivity index (χ4v) is 1.41. The standard InChI is InChI=1S/C11H6F3N3O2/c12-6-1-5(2-7(13)3-6)10(18)17-4-8(14)9(15)16-11(17)19/h1-4H,(H2,15,16,19). The Balaban J connectivity index is 2.56. The van der Waals surface area contributed by atoms with Crippen LogP contribution in [0.4, 0.5) is 19.0 Å². The van der Waals surface area contributed by atoms with Crippen molar-refractivity contribution in [3.63, 3.8) is 0 Å². The smallest absolute Gasteiger partial charge is 0.356 e. The van der Waals surface area contributed by atoms with Crippen molar-refractivity contribution in [2.75, 3.05) is 5.73 Å². The van der Waals surface area contributed by atoms with Gasteiger partial charge in [-0.3, -0.25) is 4.79 Å². The van der Waals surface area contributed by atoms with Crippen molar-refractivity contribution in [1.29, 1.82) is 0 Å². The van der Waals surface area contributed by atoms with Gasteiger partial charge in [0.25, 0.3) is 5.91 Å². The maximum Gasteiger partial charge on any atom is 0.356 e. The third-order valence-corrected chi connectivity index (χ3v) is 2.24. The number of nitrogens with two attached hydrogens (primary N) is 1. The molecule has 0 radical (unpaired) electrons. The monoisotopic (exact) mass is 269 g/mol. The maximum absolute atomic E-state index is 13.1. The van der Waals surface area contributed by atoms with E-state index in [1.54, 1.807) is 0 Å². The Kier molecular flexibility index (Phi) is 3.07. The molecule has 0 saturated heterocycles. The van der Waals surface area contributed by atoms with Gasteiger partial charge < -0.3 is 5.73 Å². The topological polar surface area (TPSA) is 78.0 Å². The molecule has 1 aromatic carbocycles. The molecule has 0 spiro atoms. The Hall–Kier alpha value is -2.64. The van der Waals surface area contributed by atoms with Crippen LogP contribution in [-0.4, -0.2) is 15.5 Å². The molecule has 0 amide bonds. The summed E-state index contributed by atoms with van der Waals surface area (Å²) in [6.07, 6.45) is 0.510. The van der Waals surface area contributed by atoms with E-state index in [-0.39, 0.29) is 4.57 Å². The second-order valence-corrected chi connectivity index (χ2v) is 3.59. The Morgan fingerprint density at radius 1 is 1.16 bits per heavy atom. The van der Waals surface area contributed by atoms with Gasteiger partial charge in [0.15, 0.2) is 11.6 Å². The summed E-state index contributed by atoms with van der Waals surface area (Å²) < 4.78 is 39.3. The van der Waals surface area contributed by atoms with Crippen molar-refractivity contribution in [1.82, 2.24) is 9.55 Å². The predicted molar refractivity (Wildman–Crippen MR) is 59.0 cm³/mol. The molecule has 0 aliphatic carbocycles. The molecule has 98 valence electrons. The fourth-order valence-electron chi connectivity index (χ4n) is 1.41. The Morgan fingerprint density at radius 2 is 1.74 bits per heavy atom. The summed E-state index contributed by atoms with van der Waals surface area (Å²) in [5.41, 5.74) is 3.45. The number of benzene rings is 1. The number of hydrogen-bond donors (Lipinski definition) is 1. The van der Waals surface area contributed by atoms with E-state index in [4.69, 9.17) is 5.73 Å².